The predicted octanol–water partition coefficient (Wildman–Crippen LogP) is 3.92. The largest absolute Gasteiger partial charge is 0.397 e. The molecule has 0 radical (unpaired) electrons. The smallest absolute Gasteiger partial charge is 0.261 e. The lowest BCUT2D eigenvalue weighted by Crippen LogP contribution is -2.25. The number of halogens is 1. The van der Waals surface area contributed by atoms with Gasteiger partial charge in [-0.2, -0.15) is 0 Å². The molecule has 0 bridgehead atoms. The van der Waals surface area contributed by atoms with E-state index >= 15 is 0 Å². The first-order valence-electron chi connectivity index (χ1n) is 8.60. The van der Waals surface area contributed by atoms with E-state index in [1.165, 1.54) is 24.3 Å². The molecule has 0 fully saturated rings. The molecule has 0 atom stereocenters. The minimum atomic E-state index is -3.99. The lowest BCUT2D eigenvalue weighted by molar-refractivity contribution is 0.0980. The minimum Gasteiger partial charge on any atom is -0.397 e. The Hall–Kier alpha value is -2.97. The normalized spacial score (nSPS) is 13.0. The molecule has 0 aliphatic heterocycles. The van der Waals surface area contributed by atoms with Crippen molar-refractivity contribution in [1.29, 1.82) is 0 Å². The average Bonchev–Trinajstić information content (AvgIpc) is 2.68. The minimum absolute atomic E-state index is 0.00423. The van der Waals surface area contributed by atoms with Gasteiger partial charge in [-0.05, 0) is 46.6 Å². The van der Waals surface area contributed by atoms with Gasteiger partial charge in [0.25, 0.3) is 10.0 Å². The van der Waals surface area contributed by atoms with Crippen LogP contribution in [0, 0.1) is 6.92 Å². The molecule has 8 heteroatoms. The number of anilines is 2. The lowest BCUT2D eigenvalue weighted by atomic mass is 9.82. The molecule has 0 unspecified atom stereocenters. The van der Waals surface area contributed by atoms with Gasteiger partial charge in [0.15, 0.2) is 11.6 Å². The molecule has 0 saturated carbocycles. The summed E-state index contributed by atoms with van der Waals surface area (Å²) in [6, 6.07) is 14.2. The Bertz CT molecular complexity index is 1320. The van der Waals surface area contributed by atoms with Gasteiger partial charge in [0.2, 0.25) is 0 Å². The number of rotatable bonds is 3. The number of nitrogens with two attached hydrogens (primary N) is 1. The fourth-order valence-corrected chi connectivity index (χ4v) is 4.95. The van der Waals surface area contributed by atoms with Gasteiger partial charge in [0.1, 0.15) is 0 Å². The molecule has 6 nitrogen and oxygen atoms in total. The third-order valence-electron chi connectivity index (χ3n) is 4.73. The number of carbonyl (C=O) groups excluding carboxylic acids is 2. The maximum absolute atomic E-state index is 13.2. The molecule has 3 aromatic rings. The van der Waals surface area contributed by atoms with Crippen molar-refractivity contribution < 1.29 is 18.0 Å². The second-order valence-corrected chi connectivity index (χ2v) is 9.23. The molecule has 0 amide bonds. The number of sulfonamides is 1. The van der Waals surface area contributed by atoms with Crippen molar-refractivity contribution in [3.63, 3.8) is 0 Å². The van der Waals surface area contributed by atoms with Crippen molar-refractivity contribution in [3.05, 3.63) is 86.9 Å². The first-order valence-corrected chi connectivity index (χ1v) is 10.9. The van der Waals surface area contributed by atoms with Crippen LogP contribution in [0.1, 0.15) is 37.4 Å². The molecule has 0 heterocycles. The van der Waals surface area contributed by atoms with Crippen molar-refractivity contribution in [2.45, 2.75) is 11.8 Å². The Kier molecular flexibility index (Phi) is 4.55. The van der Waals surface area contributed by atoms with Crippen LogP contribution in [-0.4, -0.2) is 20.0 Å². The molecule has 0 aromatic heterocycles. The summed E-state index contributed by atoms with van der Waals surface area (Å²) in [5.74, 6) is -0.888. The van der Waals surface area contributed by atoms with E-state index < -0.39 is 21.6 Å². The summed E-state index contributed by atoms with van der Waals surface area (Å²) in [6.07, 6.45) is 0. The summed E-state index contributed by atoms with van der Waals surface area (Å²) in [5, 5.41) is 0. The van der Waals surface area contributed by atoms with Crippen LogP contribution in [0.5, 0.6) is 0 Å². The first kappa shape index (κ1) is 19.4. The third kappa shape index (κ3) is 3.14. The quantitative estimate of drug-likeness (QED) is 0.441. The molecule has 3 aromatic carbocycles. The van der Waals surface area contributed by atoms with Gasteiger partial charge < -0.3 is 5.73 Å². The van der Waals surface area contributed by atoms with E-state index in [1.54, 1.807) is 37.3 Å². The highest BCUT2D eigenvalue weighted by Crippen LogP contribution is 2.40. The van der Waals surface area contributed by atoms with E-state index in [9.17, 15) is 18.0 Å². The third-order valence-corrected chi connectivity index (χ3v) is 6.75. The van der Waals surface area contributed by atoms with E-state index in [-0.39, 0.29) is 38.5 Å². The summed E-state index contributed by atoms with van der Waals surface area (Å²) in [6.45, 7) is 1.78. The van der Waals surface area contributed by atoms with E-state index in [2.05, 4.69) is 20.7 Å². The van der Waals surface area contributed by atoms with E-state index in [0.29, 0.717) is 4.47 Å². The van der Waals surface area contributed by atoms with Gasteiger partial charge >= 0.3 is 0 Å². The monoisotopic (exact) mass is 470 g/mol. The number of nitrogen functional groups attached to an aromatic ring is 1. The highest BCUT2D eigenvalue weighted by molar-refractivity contribution is 9.10. The van der Waals surface area contributed by atoms with Crippen molar-refractivity contribution in [2.24, 2.45) is 0 Å². The van der Waals surface area contributed by atoms with E-state index in [0.717, 1.165) is 5.56 Å². The predicted molar refractivity (Wildman–Crippen MR) is 114 cm³/mol. The second kappa shape index (κ2) is 6.82. The van der Waals surface area contributed by atoms with Crippen LogP contribution in [0.4, 0.5) is 11.4 Å². The van der Waals surface area contributed by atoms with Crippen molar-refractivity contribution in [3.8, 4) is 0 Å². The molecule has 0 spiro atoms. The molecule has 3 N–H and O–H groups in total. The van der Waals surface area contributed by atoms with Crippen LogP contribution in [-0.2, 0) is 10.0 Å². The zero-order valence-corrected chi connectivity index (χ0v) is 17.6. The fraction of sp³-hybridized carbons (Fsp3) is 0.0476. The molecule has 4 rings (SSSR count). The van der Waals surface area contributed by atoms with Crippen molar-refractivity contribution in [1.82, 2.24) is 0 Å². The summed E-state index contributed by atoms with van der Waals surface area (Å²) in [5.41, 5.74) is 7.33. The number of fused-ring (bicyclic) bond motifs is 2. The van der Waals surface area contributed by atoms with Crippen LogP contribution in [0.15, 0.2) is 64.0 Å². The van der Waals surface area contributed by atoms with Gasteiger partial charge in [0.05, 0.1) is 27.4 Å². The Morgan fingerprint density at radius 1 is 0.897 bits per heavy atom. The number of hydrogen-bond donors (Lipinski definition) is 2. The molecule has 146 valence electrons. The maximum atomic E-state index is 13.2. The lowest BCUT2D eigenvalue weighted by Gasteiger charge is -2.23. The SMILES string of the molecule is Cc1cccc(S(=O)(=O)Nc2cc(Br)c(N)c3c2C(=O)c2ccccc2C3=O)c1. The zero-order valence-electron chi connectivity index (χ0n) is 15.2. The Morgan fingerprint density at radius 3 is 2.14 bits per heavy atom. The van der Waals surface area contributed by atoms with Gasteiger partial charge in [0, 0.05) is 15.6 Å². The van der Waals surface area contributed by atoms with Gasteiger partial charge in [-0.3, -0.25) is 14.3 Å². The van der Waals surface area contributed by atoms with Crippen LogP contribution >= 0.6 is 15.9 Å². The Labute approximate surface area is 175 Å². The highest BCUT2D eigenvalue weighted by atomic mass is 79.9. The molecule has 1 aliphatic rings. The Morgan fingerprint density at radius 2 is 1.52 bits per heavy atom. The topological polar surface area (TPSA) is 106 Å². The molecular formula is C21H15BrN2O4S. The summed E-state index contributed by atoms with van der Waals surface area (Å²) < 4.78 is 28.6. The maximum Gasteiger partial charge on any atom is 0.261 e. The van der Waals surface area contributed by atoms with E-state index in [4.69, 9.17) is 5.73 Å². The number of aryl methyl sites for hydroxylation is 1. The van der Waals surface area contributed by atoms with Gasteiger partial charge in [-0.15, -0.1) is 0 Å². The van der Waals surface area contributed by atoms with Crippen LogP contribution < -0.4 is 10.5 Å². The highest BCUT2D eigenvalue weighted by Gasteiger charge is 2.35. The summed E-state index contributed by atoms with van der Waals surface area (Å²) >= 11 is 3.26. The van der Waals surface area contributed by atoms with E-state index in [1.807, 2.05) is 0 Å². The number of hydrogen-bond acceptors (Lipinski definition) is 5. The standard InChI is InChI=1S/C21H15BrN2O4S/c1-11-5-4-6-12(9-11)29(27,28)24-16-10-15(22)19(23)18-17(16)20(25)13-7-2-3-8-14(13)21(18)26/h2-10,24H,23H2,1H3. The van der Waals surface area contributed by atoms with Gasteiger partial charge in [-0.1, -0.05) is 36.4 Å². The Balaban J connectivity index is 1.92. The number of ketones is 2. The van der Waals surface area contributed by atoms with Crippen LogP contribution in [0.2, 0.25) is 0 Å². The van der Waals surface area contributed by atoms with Crippen LogP contribution in [0.25, 0.3) is 0 Å². The van der Waals surface area contributed by atoms with Crippen molar-refractivity contribution >= 4 is 48.9 Å². The summed E-state index contributed by atoms with van der Waals surface area (Å²) in [7, 11) is -3.99. The number of benzene rings is 3. The van der Waals surface area contributed by atoms with Crippen LogP contribution in [0.3, 0.4) is 0 Å². The fourth-order valence-electron chi connectivity index (χ4n) is 3.35. The molecule has 29 heavy (non-hydrogen) atoms. The average molecular weight is 471 g/mol. The number of carbonyl (C=O) groups is 2. The molecule has 1 aliphatic carbocycles. The second-order valence-electron chi connectivity index (χ2n) is 6.70. The molecule has 0 saturated heterocycles. The zero-order chi connectivity index (χ0) is 20.9. The number of nitrogens with one attached hydrogen (secondary N) is 1. The summed E-state index contributed by atoms with van der Waals surface area (Å²) in [4.78, 5) is 26.2. The van der Waals surface area contributed by atoms with Crippen molar-refractivity contribution in [2.75, 3.05) is 10.5 Å². The first-order chi connectivity index (χ1) is 13.7. The van der Waals surface area contributed by atoms with Gasteiger partial charge in [-0.25, -0.2) is 8.42 Å². The molecular weight excluding hydrogens is 456 g/mol.